The SMILES string of the molecule is CCNC(c1ccc(OC2CC2)cc1)c1sccc1Cl. The van der Waals surface area contributed by atoms with Crippen molar-refractivity contribution in [2.24, 2.45) is 0 Å². The molecule has 0 aliphatic heterocycles. The van der Waals surface area contributed by atoms with Gasteiger partial charge in [0, 0.05) is 4.88 Å². The zero-order chi connectivity index (χ0) is 13.9. The van der Waals surface area contributed by atoms with Gasteiger partial charge in [0.1, 0.15) is 5.75 Å². The second-order valence-corrected chi connectivity index (χ2v) is 6.36. The third kappa shape index (κ3) is 3.17. The summed E-state index contributed by atoms with van der Waals surface area (Å²) < 4.78 is 5.79. The van der Waals surface area contributed by atoms with Crippen LogP contribution in [0.15, 0.2) is 35.7 Å². The first-order chi connectivity index (χ1) is 9.78. The number of benzene rings is 1. The van der Waals surface area contributed by atoms with Crippen LogP contribution in [0.3, 0.4) is 0 Å². The minimum absolute atomic E-state index is 0.155. The summed E-state index contributed by atoms with van der Waals surface area (Å²) in [5.41, 5.74) is 1.22. The van der Waals surface area contributed by atoms with Gasteiger partial charge < -0.3 is 10.1 Å². The van der Waals surface area contributed by atoms with Gasteiger partial charge in [0.15, 0.2) is 0 Å². The molecule has 4 heteroatoms. The molecule has 3 rings (SSSR count). The Balaban J connectivity index is 1.81. The summed E-state index contributed by atoms with van der Waals surface area (Å²) in [6, 6.07) is 10.5. The van der Waals surface area contributed by atoms with Gasteiger partial charge in [-0.15, -0.1) is 11.3 Å². The van der Waals surface area contributed by atoms with Crippen molar-refractivity contribution in [3.63, 3.8) is 0 Å². The first-order valence-corrected chi connectivity index (χ1v) is 8.26. The molecule has 0 amide bonds. The fourth-order valence-corrected chi connectivity index (χ4v) is 3.46. The van der Waals surface area contributed by atoms with E-state index in [-0.39, 0.29) is 6.04 Å². The molecule has 2 aromatic rings. The Kier molecular flexibility index (Phi) is 4.29. The van der Waals surface area contributed by atoms with Gasteiger partial charge >= 0.3 is 0 Å². The van der Waals surface area contributed by atoms with E-state index in [1.165, 1.54) is 23.3 Å². The van der Waals surface area contributed by atoms with Crippen molar-refractivity contribution in [2.45, 2.75) is 31.9 Å². The van der Waals surface area contributed by atoms with E-state index in [9.17, 15) is 0 Å². The van der Waals surface area contributed by atoms with Gasteiger partial charge in [-0.2, -0.15) is 0 Å². The molecule has 1 unspecified atom stereocenters. The molecule has 0 saturated heterocycles. The average Bonchev–Trinajstić information content (AvgIpc) is 3.17. The molecule has 1 atom stereocenters. The number of hydrogen-bond donors (Lipinski definition) is 1. The van der Waals surface area contributed by atoms with Crippen LogP contribution < -0.4 is 10.1 Å². The fourth-order valence-electron chi connectivity index (χ4n) is 2.19. The standard InChI is InChI=1S/C16H18ClNOS/c1-2-18-15(16-14(17)9-10-20-16)11-3-5-12(6-4-11)19-13-7-8-13/h3-6,9-10,13,15,18H,2,7-8H2,1H3. The summed E-state index contributed by atoms with van der Waals surface area (Å²) in [6.07, 6.45) is 2.82. The number of nitrogens with one attached hydrogen (secondary N) is 1. The Hall–Kier alpha value is -1.03. The molecule has 106 valence electrons. The summed E-state index contributed by atoms with van der Waals surface area (Å²) in [5, 5.41) is 6.37. The minimum Gasteiger partial charge on any atom is -0.490 e. The molecule has 1 heterocycles. The molecule has 0 spiro atoms. The van der Waals surface area contributed by atoms with E-state index in [0.29, 0.717) is 6.10 Å². The highest BCUT2D eigenvalue weighted by Crippen LogP contribution is 2.34. The molecule has 1 saturated carbocycles. The number of ether oxygens (including phenoxy) is 1. The van der Waals surface area contributed by atoms with Gasteiger partial charge in [0.25, 0.3) is 0 Å². The predicted molar refractivity (Wildman–Crippen MR) is 84.9 cm³/mol. The second kappa shape index (κ2) is 6.17. The smallest absolute Gasteiger partial charge is 0.119 e. The maximum atomic E-state index is 6.27. The van der Waals surface area contributed by atoms with E-state index in [1.807, 2.05) is 11.4 Å². The number of hydrogen-bond acceptors (Lipinski definition) is 3. The van der Waals surface area contributed by atoms with E-state index in [2.05, 4.69) is 36.5 Å². The molecule has 1 aromatic heterocycles. The Bertz CT molecular complexity index is 562. The lowest BCUT2D eigenvalue weighted by molar-refractivity contribution is 0.303. The first kappa shape index (κ1) is 13.9. The summed E-state index contributed by atoms with van der Waals surface area (Å²) in [6.45, 7) is 3.01. The van der Waals surface area contributed by atoms with Crippen LogP contribution in [0, 0.1) is 0 Å². The molecule has 2 nitrogen and oxygen atoms in total. The summed E-state index contributed by atoms with van der Waals surface area (Å²) in [5.74, 6) is 0.962. The molecule has 1 aliphatic rings. The monoisotopic (exact) mass is 307 g/mol. The molecular formula is C16H18ClNOS. The summed E-state index contributed by atoms with van der Waals surface area (Å²) >= 11 is 7.97. The van der Waals surface area contributed by atoms with Crippen molar-refractivity contribution < 1.29 is 4.74 Å². The van der Waals surface area contributed by atoms with Gasteiger partial charge in [-0.05, 0) is 48.5 Å². The lowest BCUT2D eigenvalue weighted by Crippen LogP contribution is -2.21. The minimum atomic E-state index is 0.155. The molecule has 1 aliphatic carbocycles. The van der Waals surface area contributed by atoms with Crippen molar-refractivity contribution in [3.8, 4) is 5.75 Å². The van der Waals surface area contributed by atoms with E-state index >= 15 is 0 Å². The van der Waals surface area contributed by atoms with Crippen molar-refractivity contribution in [2.75, 3.05) is 6.54 Å². The molecular weight excluding hydrogens is 290 g/mol. The van der Waals surface area contributed by atoms with Crippen LogP contribution >= 0.6 is 22.9 Å². The largest absolute Gasteiger partial charge is 0.490 e. The van der Waals surface area contributed by atoms with Gasteiger partial charge in [0.2, 0.25) is 0 Å². The van der Waals surface area contributed by atoms with Gasteiger partial charge in [-0.3, -0.25) is 0 Å². The van der Waals surface area contributed by atoms with Crippen molar-refractivity contribution in [1.29, 1.82) is 0 Å². The quantitative estimate of drug-likeness (QED) is 0.839. The van der Waals surface area contributed by atoms with Crippen molar-refractivity contribution >= 4 is 22.9 Å². The topological polar surface area (TPSA) is 21.3 Å². The van der Waals surface area contributed by atoms with E-state index < -0.39 is 0 Å². The lowest BCUT2D eigenvalue weighted by atomic mass is 10.1. The number of thiophene rings is 1. The fraction of sp³-hybridized carbons (Fsp3) is 0.375. The highest BCUT2D eigenvalue weighted by Gasteiger charge is 2.23. The molecule has 1 aromatic carbocycles. The van der Waals surface area contributed by atoms with Crippen LogP contribution in [-0.2, 0) is 0 Å². The maximum absolute atomic E-state index is 6.27. The zero-order valence-electron chi connectivity index (χ0n) is 11.4. The predicted octanol–water partition coefficient (Wildman–Crippen LogP) is 4.64. The normalized spacial score (nSPS) is 16.1. The van der Waals surface area contributed by atoms with Gasteiger partial charge in [-0.25, -0.2) is 0 Å². The Morgan fingerprint density at radius 1 is 1.30 bits per heavy atom. The van der Waals surface area contributed by atoms with Crippen LogP contribution in [0.5, 0.6) is 5.75 Å². The van der Waals surface area contributed by atoms with Crippen LogP contribution in [0.1, 0.15) is 36.2 Å². The van der Waals surface area contributed by atoms with Gasteiger partial charge in [0.05, 0.1) is 17.2 Å². The third-order valence-electron chi connectivity index (χ3n) is 3.36. The van der Waals surface area contributed by atoms with Crippen molar-refractivity contribution in [1.82, 2.24) is 5.32 Å². The maximum Gasteiger partial charge on any atom is 0.119 e. The lowest BCUT2D eigenvalue weighted by Gasteiger charge is -2.18. The van der Waals surface area contributed by atoms with Crippen LogP contribution in [-0.4, -0.2) is 12.6 Å². The van der Waals surface area contributed by atoms with Gasteiger partial charge in [-0.1, -0.05) is 30.7 Å². The highest BCUT2D eigenvalue weighted by atomic mass is 35.5. The van der Waals surface area contributed by atoms with E-state index in [1.54, 1.807) is 11.3 Å². The Morgan fingerprint density at radius 3 is 2.60 bits per heavy atom. The van der Waals surface area contributed by atoms with Crippen molar-refractivity contribution in [3.05, 3.63) is 51.2 Å². The first-order valence-electron chi connectivity index (χ1n) is 7.01. The molecule has 1 fully saturated rings. The molecule has 1 N–H and O–H groups in total. The highest BCUT2D eigenvalue weighted by molar-refractivity contribution is 7.10. The van der Waals surface area contributed by atoms with E-state index in [4.69, 9.17) is 16.3 Å². The van der Waals surface area contributed by atoms with Crippen LogP contribution in [0.25, 0.3) is 0 Å². The molecule has 20 heavy (non-hydrogen) atoms. The Morgan fingerprint density at radius 2 is 2.05 bits per heavy atom. The molecule has 0 radical (unpaired) electrons. The number of rotatable bonds is 6. The van der Waals surface area contributed by atoms with E-state index in [0.717, 1.165) is 17.3 Å². The average molecular weight is 308 g/mol. The summed E-state index contributed by atoms with van der Waals surface area (Å²) in [4.78, 5) is 1.17. The number of halogens is 1. The van der Waals surface area contributed by atoms with Crippen LogP contribution in [0.2, 0.25) is 5.02 Å². The second-order valence-electron chi connectivity index (χ2n) is 5.01. The summed E-state index contributed by atoms with van der Waals surface area (Å²) in [7, 11) is 0. The Labute approximate surface area is 128 Å². The zero-order valence-corrected chi connectivity index (χ0v) is 13.0. The third-order valence-corrected chi connectivity index (χ3v) is 4.78. The molecule has 0 bridgehead atoms. The van der Waals surface area contributed by atoms with Crippen LogP contribution in [0.4, 0.5) is 0 Å².